The number of hydrogen-bond acceptors (Lipinski definition) is 3. The fraction of sp³-hybridized carbons (Fsp3) is 0.250. The number of hydrogen-bond donors (Lipinski definition) is 1. The van der Waals surface area contributed by atoms with Gasteiger partial charge in [-0.2, -0.15) is 0 Å². The predicted molar refractivity (Wildman–Crippen MR) is 77.7 cm³/mol. The molecule has 5 heteroatoms. The Bertz CT molecular complexity index is 614. The third kappa shape index (κ3) is 3.78. The molecule has 0 radical (unpaired) electrons. The molecule has 2 aromatic rings. The second-order valence-corrected chi connectivity index (χ2v) is 4.55. The number of rotatable bonds is 5. The van der Waals surface area contributed by atoms with Gasteiger partial charge in [-0.3, -0.25) is 9.78 Å². The van der Waals surface area contributed by atoms with Gasteiger partial charge in [-0.05, 0) is 37.6 Å². The van der Waals surface area contributed by atoms with Crippen molar-refractivity contribution in [2.24, 2.45) is 0 Å². The minimum atomic E-state index is -0.303. The van der Waals surface area contributed by atoms with E-state index < -0.39 is 0 Å². The summed E-state index contributed by atoms with van der Waals surface area (Å²) in [6.45, 7) is 4.16. The van der Waals surface area contributed by atoms with Crippen LogP contribution in [-0.2, 0) is 0 Å². The van der Waals surface area contributed by atoms with Gasteiger partial charge in [0.15, 0.2) is 0 Å². The average Bonchev–Trinajstić information content (AvgIpc) is 2.48. The lowest BCUT2D eigenvalue weighted by atomic mass is 10.1. The highest BCUT2D eigenvalue weighted by molar-refractivity contribution is 5.96. The predicted octanol–water partition coefficient (Wildman–Crippen LogP) is 3.11. The maximum Gasteiger partial charge on any atom is 0.257 e. The van der Waals surface area contributed by atoms with Crippen molar-refractivity contribution in [2.75, 3.05) is 6.61 Å². The largest absolute Gasteiger partial charge is 0.493 e. The van der Waals surface area contributed by atoms with E-state index in [4.69, 9.17) is 4.74 Å². The number of aromatic nitrogens is 1. The zero-order chi connectivity index (χ0) is 15.2. The van der Waals surface area contributed by atoms with Crippen LogP contribution in [0.4, 0.5) is 4.39 Å². The molecule has 0 saturated heterocycles. The Labute approximate surface area is 123 Å². The number of nitrogens with zero attached hydrogens (tertiary/aromatic N) is 1. The number of carbonyl (C=O) groups is 1. The lowest BCUT2D eigenvalue weighted by Crippen LogP contribution is -2.27. The molecule has 0 saturated carbocycles. The fourth-order valence-electron chi connectivity index (χ4n) is 1.94. The summed E-state index contributed by atoms with van der Waals surface area (Å²) in [5.74, 6) is -0.0807. The molecule has 1 unspecified atom stereocenters. The van der Waals surface area contributed by atoms with E-state index in [2.05, 4.69) is 10.3 Å². The van der Waals surface area contributed by atoms with Crippen molar-refractivity contribution in [1.82, 2.24) is 10.3 Å². The quantitative estimate of drug-likeness (QED) is 0.919. The van der Waals surface area contributed by atoms with E-state index in [1.807, 2.05) is 13.8 Å². The van der Waals surface area contributed by atoms with Crippen LogP contribution in [0.3, 0.4) is 0 Å². The van der Waals surface area contributed by atoms with Crippen LogP contribution in [0.15, 0.2) is 42.7 Å². The lowest BCUT2D eigenvalue weighted by molar-refractivity contribution is 0.0935. The van der Waals surface area contributed by atoms with Gasteiger partial charge < -0.3 is 10.1 Å². The third-order valence-electron chi connectivity index (χ3n) is 3.04. The summed E-state index contributed by atoms with van der Waals surface area (Å²) in [5, 5.41) is 2.85. The smallest absolute Gasteiger partial charge is 0.257 e. The van der Waals surface area contributed by atoms with E-state index >= 15 is 0 Å². The van der Waals surface area contributed by atoms with Gasteiger partial charge in [0.25, 0.3) is 5.91 Å². The Morgan fingerprint density at radius 3 is 2.71 bits per heavy atom. The summed E-state index contributed by atoms with van der Waals surface area (Å²) in [6, 6.07) is 7.44. The Morgan fingerprint density at radius 1 is 1.33 bits per heavy atom. The topological polar surface area (TPSA) is 51.2 Å². The van der Waals surface area contributed by atoms with Crippen LogP contribution in [0.5, 0.6) is 5.75 Å². The Kier molecular flexibility index (Phi) is 4.87. The number of benzene rings is 1. The SMILES string of the molecule is CCOc1ccncc1C(=O)NC(C)c1ccc(F)cc1. The van der Waals surface area contributed by atoms with Crippen LogP contribution in [0.1, 0.15) is 35.8 Å². The monoisotopic (exact) mass is 288 g/mol. The fourth-order valence-corrected chi connectivity index (χ4v) is 1.94. The number of halogens is 1. The Balaban J connectivity index is 2.12. The summed E-state index contributed by atoms with van der Waals surface area (Å²) < 4.78 is 18.3. The second kappa shape index (κ2) is 6.83. The molecule has 0 fully saturated rings. The minimum absolute atomic E-state index is 0.243. The highest BCUT2D eigenvalue weighted by Gasteiger charge is 2.15. The van der Waals surface area contributed by atoms with Gasteiger partial charge in [-0.1, -0.05) is 12.1 Å². The van der Waals surface area contributed by atoms with E-state index in [9.17, 15) is 9.18 Å². The molecule has 4 nitrogen and oxygen atoms in total. The van der Waals surface area contributed by atoms with Crippen LogP contribution in [0.25, 0.3) is 0 Å². The molecule has 0 aliphatic heterocycles. The first-order valence-corrected chi connectivity index (χ1v) is 6.75. The Morgan fingerprint density at radius 2 is 2.05 bits per heavy atom. The van der Waals surface area contributed by atoms with Crippen molar-refractivity contribution >= 4 is 5.91 Å². The van der Waals surface area contributed by atoms with E-state index in [-0.39, 0.29) is 17.8 Å². The van der Waals surface area contributed by atoms with Gasteiger partial charge in [-0.25, -0.2) is 4.39 Å². The Hall–Kier alpha value is -2.43. The van der Waals surface area contributed by atoms with Crippen LogP contribution >= 0.6 is 0 Å². The van der Waals surface area contributed by atoms with E-state index in [0.29, 0.717) is 17.9 Å². The van der Waals surface area contributed by atoms with E-state index in [0.717, 1.165) is 5.56 Å². The number of nitrogens with one attached hydrogen (secondary N) is 1. The normalized spacial score (nSPS) is 11.8. The van der Waals surface area contributed by atoms with Crippen LogP contribution in [-0.4, -0.2) is 17.5 Å². The van der Waals surface area contributed by atoms with Gasteiger partial charge in [0.05, 0.1) is 18.2 Å². The maximum atomic E-state index is 12.9. The summed E-state index contributed by atoms with van der Waals surface area (Å²) in [4.78, 5) is 16.2. The van der Waals surface area contributed by atoms with Gasteiger partial charge in [0.1, 0.15) is 11.6 Å². The van der Waals surface area contributed by atoms with Crippen molar-refractivity contribution in [1.29, 1.82) is 0 Å². The molecule has 0 spiro atoms. The molecule has 0 bridgehead atoms. The summed E-state index contributed by atoms with van der Waals surface area (Å²) in [5.41, 5.74) is 1.21. The molecule has 1 amide bonds. The van der Waals surface area contributed by atoms with Gasteiger partial charge >= 0.3 is 0 Å². The second-order valence-electron chi connectivity index (χ2n) is 4.55. The standard InChI is InChI=1S/C16H17FN2O2/c1-3-21-15-8-9-18-10-14(15)16(20)19-11(2)12-4-6-13(17)7-5-12/h4-11H,3H2,1-2H3,(H,19,20). The highest BCUT2D eigenvalue weighted by Crippen LogP contribution is 2.19. The number of carbonyl (C=O) groups excluding carboxylic acids is 1. The van der Waals surface area contributed by atoms with Gasteiger partial charge in [-0.15, -0.1) is 0 Å². The molecule has 1 N–H and O–H groups in total. The van der Waals surface area contributed by atoms with Crippen molar-refractivity contribution in [3.05, 3.63) is 59.7 Å². The molecular formula is C16H17FN2O2. The zero-order valence-corrected chi connectivity index (χ0v) is 12.0. The zero-order valence-electron chi connectivity index (χ0n) is 12.0. The van der Waals surface area contributed by atoms with Crippen molar-refractivity contribution in [2.45, 2.75) is 19.9 Å². The summed E-state index contributed by atoms with van der Waals surface area (Å²) in [7, 11) is 0. The van der Waals surface area contributed by atoms with Crippen LogP contribution in [0.2, 0.25) is 0 Å². The van der Waals surface area contributed by atoms with Crippen molar-refractivity contribution in [3.8, 4) is 5.75 Å². The minimum Gasteiger partial charge on any atom is -0.493 e. The van der Waals surface area contributed by atoms with Crippen molar-refractivity contribution < 1.29 is 13.9 Å². The molecule has 21 heavy (non-hydrogen) atoms. The first-order chi connectivity index (χ1) is 10.1. The highest BCUT2D eigenvalue weighted by atomic mass is 19.1. The molecule has 1 atom stereocenters. The molecule has 1 heterocycles. The van der Waals surface area contributed by atoms with Gasteiger partial charge in [0.2, 0.25) is 0 Å². The molecule has 1 aromatic carbocycles. The molecule has 0 aliphatic carbocycles. The van der Waals surface area contributed by atoms with Crippen LogP contribution in [0, 0.1) is 5.82 Å². The first-order valence-electron chi connectivity index (χ1n) is 6.75. The molecular weight excluding hydrogens is 271 g/mol. The number of ether oxygens (including phenoxy) is 1. The third-order valence-corrected chi connectivity index (χ3v) is 3.04. The average molecular weight is 288 g/mol. The molecule has 110 valence electrons. The van der Waals surface area contributed by atoms with Crippen molar-refractivity contribution in [3.63, 3.8) is 0 Å². The lowest BCUT2D eigenvalue weighted by Gasteiger charge is -2.15. The first kappa shape index (κ1) is 15.0. The summed E-state index contributed by atoms with van der Waals surface area (Å²) in [6.07, 6.45) is 3.04. The van der Waals surface area contributed by atoms with Crippen LogP contribution < -0.4 is 10.1 Å². The number of pyridine rings is 1. The maximum absolute atomic E-state index is 12.9. The molecule has 1 aromatic heterocycles. The van der Waals surface area contributed by atoms with E-state index in [1.54, 1.807) is 24.4 Å². The van der Waals surface area contributed by atoms with E-state index in [1.165, 1.54) is 18.3 Å². The molecule has 0 aliphatic rings. The molecule has 2 rings (SSSR count). The van der Waals surface area contributed by atoms with Gasteiger partial charge in [0, 0.05) is 12.4 Å². The summed E-state index contributed by atoms with van der Waals surface area (Å²) >= 11 is 0. The number of amides is 1.